The zero-order valence-electron chi connectivity index (χ0n) is 17.3. The normalized spacial score (nSPS) is 25.8. The SMILES string of the molecule is CO/C(=C/C(=N)SC1OC(CO)C(O)C(N/C=C(\N)c2ccc(F)c(F)c2)C1O)C(=N)C#N. The van der Waals surface area contributed by atoms with Gasteiger partial charge in [0.05, 0.1) is 30.5 Å². The zero-order chi connectivity index (χ0) is 24.7. The third kappa shape index (κ3) is 6.50. The Labute approximate surface area is 192 Å². The Hall–Kier alpha value is -3.02. The van der Waals surface area contributed by atoms with E-state index in [4.69, 9.17) is 31.3 Å². The van der Waals surface area contributed by atoms with E-state index in [0.717, 1.165) is 18.2 Å². The minimum absolute atomic E-state index is 0.0139. The van der Waals surface area contributed by atoms with Gasteiger partial charge in [0, 0.05) is 17.8 Å². The van der Waals surface area contributed by atoms with Gasteiger partial charge in [0.15, 0.2) is 23.1 Å². The second kappa shape index (κ2) is 11.7. The van der Waals surface area contributed by atoms with Crippen molar-refractivity contribution in [1.82, 2.24) is 5.32 Å². The van der Waals surface area contributed by atoms with Crippen molar-refractivity contribution in [3.63, 3.8) is 0 Å². The van der Waals surface area contributed by atoms with Gasteiger partial charge in [0.1, 0.15) is 29.8 Å². The van der Waals surface area contributed by atoms with Crippen LogP contribution in [0.2, 0.25) is 0 Å². The quantitative estimate of drug-likeness (QED) is 0.156. The van der Waals surface area contributed by atoms with Crippen LogP contribution in [-0.4, -0.2) is 69.6 Å². The molecular formula is C20H23F2N5O5S. The molecule has 0 spiro atoms. The van der Waals surface area contributed by atoms with E-state index in [1.807, 2.05) is 0 Å². The van der Waals surface area contributed by atoms with Gasteiger partial charge in [-0.2, -0.15) is 5.26 Å². The van der Waals surface area contributed by atoms with Gasteiger partial charge in [-0.25, -0.2) is 8.78 Å². The second-order valence-corrected chi connectivity index (χ2v) is 7.95. The summed E-state index contributed by atoms with van der Waals surface area (Å²) in [6, 6.07) is 3.49. The number of nitrogens with zero attached hydrogens (tertiary/aromatic N) is 1. The molecule has 178 valence electrons. The summed E-state index contributed by atoms with van der Waals surface area (Å²) in [6.45, 7) is -0.600. The summed E-state index contributed by atoms with van der Waals surface area (Å²) >= 11 is 0.703. The van der Waals surface area contributed by atoms with Crippen molar-refractivity contribution in [2.24, 2.45) is 5.73 Å². The molecule has 0 saturated carbocycles. The summed E-state index contributed by atoms with van der Waals surface area (Å²) in [5.41, 5.74) is 4.37. The van der Waals surface area contributed by atoms with Crippen molar-refractivity contribution >= 4 is 28.2 Å². The molecule has 1 aliphatic rings. The average molecular weight is 483 g/mol. The van der Waals surface area contributed by atoms with Crippen molar-refractivity contribution < 1.29 is 33.6 Å². The summed E-state index contributed by atoms with van der Waals surface area (Å²) in [7, 11) is 1.23. The Morgan fingerprint density at radius 2 is 2.03 bits per heavy atom. The number of allylic oxidation sites excluding steroid dienone is 1. The molecule has 5 atom stereocenters. The van der Waals surface area contributed by atoms with Crippen LogP contribution in [-0.2, 0) is 9.47 Å². The first-order valence-electron chi connectivity index (χ1n) is 9.42. The molecule has 5 unspecified atom stereocenters. The monoisotopic (exact) mass is 483 g/mol. The number of aliphatic hydroxyl groups excluding tert-OH is 3. The van der Waals surface area contributed by atoms with E-state index in [2.05, 4.69) is 5.32 Å². The molecule has 1 aromatic rings. The van der Waals surface area contributed by atoms with Gasteiger partial charge in [-0.05, 0) is 18.2 Å². The molecule has 0 aliphatic carbocycles. The van der Waals surface area contributed by atoms with Gasteiger partial charge in [-0.1, -0.05) is 11.8 Å². The van der Waals surface area contributed by atoms with Crippen molar-refractivity contribution in [2.45, 2.75) is 29.8 Å². The Balaban J connectivity index is 2.20. The van der Waals surface area contributed by atoms with Crippen LogP contribution in [0.1, 0.15) is 5.56 Å². The lowest BCUT2D eigenvalue weighted by atomic mass is 9.97. The van der Waals surface area contributed by atoms with Gasteiger partial charge in [-0.15, -0.1) is 0 Å². The lowest BCUT2D eigenvalue weighted by Gasteiger charge is -2.42. The number of aliphatic hydroxyl groups is 3. The molecule has 1 aromatic carbocycles. The average Bonchev–Trinajstić information content (AvgIpc) is 2.80. The molecule has 1 aliphatic heterocycles. The van der Waals surface area contributed by atoms with E-state index in [1.165, 1.54) is 19.4 Å². The first-order valence-corrected chi connectivity index (χ1v) is 10.3. The maximum absolute atomic E-state index is 13.4. The lowest BCUT2D eigenvalue weighted by Crippen LogP contribution is -2.62. The molecule has 1 fully saturated rings. The summed E-state index contributed by atoms with van der Waals surface area (Å²) in [5.74, 6) is -2.31. The molecule has 10 nitrogen and oxygen atoms in total. The van der Waals surface area contributed by atoms with Crippen molar-refractivity contribution in [1.29, 1.82) is 16.1 Å². The maximum Gasteiger partial charge on any atom is 0.174 e. The van der Waals surface area contributed by atoms with Gasteiger partial charge >= 0.3 is 0 Å². The van der Waals surface area contributed by atoms with Crippen molar-refractivity contribution in [3.8, 4) is 6.07 Å². The number of nitriles is 1. The first kappa shape index (κ1) is 26.2. The molecule has 0 aromatic heterocycles. The predicted octanol–water partition coefficient (Wildman–Crippen LogP) is 0.403. The molecular weight excluding hydrogens is 460 g/mol. The zero-order valence-corrected chi connectivity index (χ0v) is 18.1. The second-order valence-electron chi connectivity index (χ2n) is 6.81. The van der Waals surface area contributed by atoms with E-state index in [1.54, 1.807) is 6.07 Å². The summed E-state index contributed by atoms with van der Waals surface area (Å²) < 4.78 is 36.9. The third-order valence-electron chi connectivity index (χ3n) is 4.65. The molecule has 8 N–H and O–H groups in total. The van der Waals surface area contributed by atoms with Gasteiger partial charge < -0.3 is 35.8 Å². The minimum Gasteiger partial charge on any atom is -0.494 e. The molecule has 0 radical (unpaired) electrons. The fraction of sp³-hybridized carbons (Fsp3) is 0.350. The number of methoxy groups -OCH3 is 1. The smallest absolute Gasteiger partial charge is 0.174 e. The predicted molar refractivity (Wildman–Crippen MR) is 117 cm³/mol. The topological polar surface area (TPSA) is 189 Å². The Morgan fingerprint density at radius 1 is 1.33 bits per heavy atom. The number of hydrogen-bond acceptors (Lipinski definition) is 11. The fourth-order valence-electron chi connectivity index (χ4n) is 2.89. The highest BCUT2D eigenvalue weighted by Crippen LogP contribution is 2.30. The Kier molecular flexibility index (Phi) is 9.32. The minimum atomic E-state index is -1.42. The standard InChI is InChI=1S/C20H23F2N5O5S/c1-31-14(12(24)6-23)5-16(26)33-20-19(30)17(18(29)15(8-28)32-20)27-7-13(25)9-2-3-10(21)11(22)4-9/h2-5,7,15,17-20,24,26-30H,8,25H2,1H3/b13-7-,14-5+,24-12?,26-16?. The Bertz CT molecular complexity index is 1000. The molecule has 33 heavy (non-hydrogen) atoms. The van der Waals surface area contributed by atoms with E-state index in [0.29, 0.717) is 11.8 Å². The number of thioether (sulfide) groups is 1. The lowest BCUT2D eigenvalue weighted by molar-refractivity contribution is -0.164. The van der Waals surface area contributed by atoms with Crippen LogP contribution in [0, 0.1) is 33.8 Å². The number of benzene rings is 1. The van der Waals surface area contributed by atoms with Crippen LogP contribution >= 0.6 is 11.8 Å². The fourth-order valence-corrected chi connectivity index (χ4v) is 3.83. The molecule has 2 rings (SSSR count). The molecule has 0 amide bonds. The number of hydrogen-bond donors (Lipinski definition) is 7. The largest absolute Gasteiger partial charge is 0.494 e. The van der Waals surface area contributed by atoms with E-state index < -0.39 is 53.7 Å². The van der Waals surface area contributed by atoms with Crippen molar-refractivity contribution in [3.05, 3.63) is 53.4 Å². The van der Waals surface area contributed by atoms with Crippen LogP contribution in [0.25, 0.3) is 5.70 Å². The third-order valence-corrected chi connectivity index (χ3v) is 5.65. The number of rotatable bonds is 8. The van der Waals surface area contributed by atoms with Crippen LogP contribution in [0.5, 0.6) is 0 Å². The molecule has 0 bridgehead atoms. The number of halogens is 2. The highest BCUT2D eigenvalue weighted by molar-refractivity contribution is 8.14. The highest BCUT2D eigenvalue weighted by atomic mass is 32.2. The summed E-state index contributed by atoms with van der Waals surface area (Å²) in [5, 5.41) is 57.5. The number of nitrogens with two attached hydrogens (primary N) is 1. The molecule has 1 saturated heterocycles. The maximum atomic E-state index is 13.4. The van der Waals surface area contributed by atoms with E-state index in [9.17, 15) is 24.1 Å². The van der Waals surface area contributed by atoms with Crippen LogP contribution in [0.3, 0.4) is 0 Å². The van der Waals surface area contributed by atoms with Crippen molar-refractivity contribution in [2.75, 3.05) is 13.7 Å². The van der Waals surface area contributed by atoms with Crippen LogP contribution < -0.4 is 11.1 Å². The number of ether oxygens (including phenoxy) is 2. The van der Waals surface area contributed by atoms with E-state index >= 15 is 0 Å². The van der Waals surface area contributed by atoms with Gasteiger partial charge in [-0.3, -0.25) is 10.8 Å². The highest BCUT2D eigenvalue weighted by Gasteiger charge is 2.44. The summed E-state index contributed by atoms with van der Waals surface area (Å²) in [6.07, 6.45) is -1.65. The van der Waals surface area contributed by atoms with Gasteiger partial charge in [0.25, 0.3) is 0 Å². The van der Waals surface area contributed by atoms with Crippen LogP contribution in [0.15, 0.2) is 36.2 Å². The molecule has 13 heteroatoms. The number of nitrogens with one attached hydrogen (secondary N) is 3. The van der Waals surface area contributed by atoms with Gasteiger partial charge in [0.2, 0.25) is 0 Å². The van der Waals surface area contributed by atoms with Crippen LogP contribution in [0.4, 0.5) is 8.78 Å². The molecule has 1 heterocycles. The summed E-state index contributed by atoms with van der Waals surface area (Å²) in [4.78, 5) is 0. The van der Waals surface area contributed by atoms with E-state index in [-0.39, 0.29) is 22.1 Å². The Morgan fingerprint density at radius 3 is 2.61 bits per heavy atom. The first-order chi connectivity index (χ1) is 15.6.